The van der Waals surface area contributed by atoms with Gasteiger partial charge >= 0.3 is 0 Å². The molecule has 4 aromatic rings. The number of benzene rings is 1. The summed E-state index contributed by atoms with van der Waals surface area (Å²) in [7, 11) is 3.30. The van der Waals surface area contributed by atoms with Crippen LogP contribution in [0.2, 0.25) is 0 Å². The van der Waals surface area contributed by atoms with Crippen molar-refractivity contribution >= 4 is 40.2 Å². The minimum atomic E-state index is -0.565. The highest BCUT2D eigenvalue weighted by molar-refractivity contribution is 6.16. The molecule has 3 heterocycles. The Bertz CT molecular complexity index is 1340. The minimum absolute atomic E-state index is 0.0758. The topological polar surface area (TPSA) is 117 Å². The lowest BCUT2D eigenvalue weighted by Crippen LogP contribution is -2.22. The Morgan fingerprint density at radius 1 is 0.879 bits per heavy atom. The molecular formula is C24H21N5O4. The van der Waals surface area contributed by atoms with Gasteiger partial charge in [-0.2, -0.15) is 0 Å². The number of furan rings is 1. The van der Waals surface area contributed by atoms with Gasteiger partial charge in [0.05, 0.1) is 5.39 Å². The highest BCUT2D eigenvalue weighted by atomic mass is 16.3. The van der Waals surface area contributed by atoms with Crippen molar-refractivity contribution in [2.24, 2.45) is 0 Å². The van der Waals surface area contributed by atoms with E-state index in [9.17, 15) is 14.4 Å². The first-order valence-corrected chi connectivity index (χ1v) is 10.1. The summed E-state index contributed by atoms with van der Waals surface area (Å²) in [6.45, 7) is 1.89. The summed E-state index contributed by atoms with van der Waals surface area (Å²) in [6.07, 6.45) is 4.67. The smallest absolute Gasteiger partial charge is 0.294 e. The van der Waals surface area contributed by atoms with Crippen LogP contribution in [0.15, 0.2) is 65.5 Å². The summed E-state index contributed by atoms with van der Waals surface area (Å²) < 4.78 is 5.73. The summed E-state index contributed by atoms with van der Waals surface area (Å²) in [6, 6.07) is 11.3. The van der Waals surface area contributed by atoms with Crippen molar-refractivity contribution in [3.8, 4) is 0 Å². The summed E-state index contributed by atoms with van der Waals surface area (Å²) in [4.78, 5) is 47.6. The van der Waals surface area contributed by atoms with Crippen molar-refractivity contribution in [2.75, 3.05) is 24.7 Å². The number of hydrogen-bond donors (Lipinski definition) is 2. The largest absolute Gasteiger partial charge is 0.448 e. The molecule has 0 radical (unpaired) electrons. The summed E-state index contributed by atoms with van der Waals surface area (Å²) in [5, 5.41) is 5.90. The molecule has 0 bridgehead atoms. The summed E-state index contributed by atoms with van der Waals surface area (Å²) in [5.74, 6) is -0.925. The number of rotatable bonds is 5. The first-order chi connectivity index (χ1) is 15.8. The monoisotopic (exact) mass is 443 g/mol. The van der Waals surface area contributed by atoms with Crippen LogP contribution < -0.4 is 10.6 Å². The average molecular weight is 443 g/mol. The van der Waals surface area contributed by atoms with Crippen molar-refractivity contribution < 1.29 is 18.8 Å². The number of hydrogen-bond acceptors (Lipinski definition) is 6. The van der Waals surface area contributed by atoms with Gasteiger partial charge in [-0.3, -0.25) is 19.4 Å². The maximum atomic E-state index is 12.9. The van der Waals surface area contributed by atoms with Crippen molar-refractivity contribution in [3.05, 3.63) is 83.5 Å². The Labute approximate surface area is 189 Å². The minimum Gasteiger partial charge on any atom is -0.448 e. The SMILES string of the molecule is Cc1ccc(NC(=O)c2oc3ccncc3c2NC(=O)c2ccc(C(=O)N(C)C)cc2)nc1. The van der Waals surface area contributed by atoms with Gasteiger partial charge in [-0.1, -0.05) is 6.07 Å². The van der Waals surface area contributed by atoms with Gasteiger partial charge in [0.1, 0.15) is 17.1 Å². The molecule has 166 valence electrons. The van der Waals surface area contributed by atoms with E-state index in [1.165, 1.54) is 17.3 Å². The normalized spacial score (nSPS) is 10.6. The molecular weight excluding hydrogens is 422 g/mol. The third-order valence-corrected chi connectivity index (χ3v) is 4.89. The van der Waals surface area contributed by atoms with Gasteiger partial charge in [0.25, 0.3) is 17.7 Å². The summed E-state index contributed by atoms with van der Waals surface area (Å²) >= 11 is 0. The van der Waals surface area contributed by atoms with E-state index in [-0.39, 0.29) is 17.4 Å². The molecule has 33 heavy (non-hydrogen) atoms. The van der Waals surface area contributed by atoms with Crippen LogP contribution in [0.3, 0.4) is 0 Å². The molecule has 0 aliphatic carbocycles. The fourth-order valence-corrected chi connectivity index (χ4v) is 3.15. The fourth-order valence-electron chi connectivity index (χ4n) is 3.15. The molecule has 0 spiro atoms. The number of aromatic nitrogens is 2. The van der Waals surface area contributed by atoms with Crippen LogP contribution in [0.4, 0.5) is 11.5 Å². The van der Waals surface area contributed by atoms with Crippen LogP contribution in [0.1, 0.15) is 36.8 Å². The number of carbonyl (C=O) groups is 3. The molecule has 1 aromatic carbocycles. The Hall–Kier alpha value is -4.53. The lowest BCUT2D eigenvalue weighted by molar-refractivity contribution is 0.0826. The van der Waals surface area contributed by atoms with Crippen molar-refractivity contribution in [1.82, 2.24) is 14.9 Å². The van der Waals surface area contributed by atoms with Gasteiger partial charge in [0.15, 0.2) is 0 Å². The van der Waals surface area contributed by atoms with E-state index in [4.69, 9.17) is 4.42 Å². The molecule has 0 aliphatic rings. The van der Waals surface area contributed by atoms with Crippen LogP contribution in [0.5, 0.6) is 0 Å². The molecule has 3 aromatic heterocycles. The quantitative estimate of drug-likeness (QED) is 0.485. The maximum absolute atomic E-state index is 12.9. The zero-order valence-electron chi connectivity index (χ0n) is 18.2. The predicted molar refractivity (Wildman–Crippen MR) is 123 cm³/mol. The van der Waals surface area contributed by atoms with Crippen LogP contribution in [0, 0.1) is 6.92 Å². The molecule has 9 nitrogen and oxygen atoms in total. The second kappa shape index (κ2) is 8.91. The van der Waals surface area contributed by atoms with E-state index < -0.39 is 11.8 Å². The van der Waals surface area contributed by atoms with E-state index in [1.807, 2.05) is 13.0 Å². The van der Waals surface area contributed by atoms with Gasteiger partial charge in [-0.05, 0) is 48.9 Å². The zero-order valence-corrected chi connectivity index (χ0v) is 18.2. The van der Waals surface area contributed by atoms with E-state index in [2.05, 4.69) is 20.6 Å². The second-order valence-corrected chi connectivity index (χ2v) is 7.58. The number of amides is 3. The van der Waals surface area contributed by atoms with Gasteiger partial charge in [0, 0.05) is 43.8 Å². The van der Waals surface area contributed by atoms with E-state index in [0.717, 1.165) is 5.56 Å². The molecule has 0 fully saturated rings. The highest BCUT2D eigenvalue weighted by Gasteiger charge is 2.23. The Morgan fingerprint density at radius 3 is 2.27 bits per heavy atom. The third-order valence-electron chi connectivity index (χ3n) is 4.89. The molecule has 0 unspecified atom stereocenters. The van der Waals surface area contributed by atoms with Crippen LogP contribution in [0.25, 0.3) is 11.0 Å². The number of carbonyl (C=O) groups excluding carboxylic acids is 3. The van der Waals surface area contributed by atoms with Crippen molar-refractivity contribution in [1.29, 1.82) is 0 Å². The Kier molecular flexibility index (Phi) is 5.86. The van der Waals surface area contributed by atoms with E-state index >= 15 is 0 Å². The first-order valence-electron chi connectivity index (χ1n) is 10.1. The molecule has 2 N–H and O–H groups in total. The van der Waals surface area contributed by atoms with Gasteiger partial charge < -0.3 is 20.0 Å². The maximum Gasteiger partial charge on any atom is 0.294 e. The number of pyridine rings is 2. The van der Waals surface area contributed by atoms with E-state index in [1.54, 1.807) is 56.7 Å². The molecule has 0 saturated heterocycles. The highest BCUT2D eigenvalue weighted by Crippen LogP contribution is 2.31. The number of nitrogens with one attached hydrogen (secondary N) is 2. The molecule has 9 heteroatoms. The van der Waals surface area contributed by atoms with Gasteiger partial charge in [-0.15, -0.1) is 0 Å². The Balaban J connectivity index is 1.63. The lowest BCUT2D eigenvalue weighted by atomic mass is 10.1. The number of aryl methyl sites for hydroxylation is 1. The number of nitrogens with zero attached hydrogens (tertiary/aromatic N) is 3. The zero-order chi connectivity index (χ0) is 23.5. The molecule has 0 aliphatic heterocycles. The Morgan fingerprint density at radius 2 is 1.61 bits per heavy atom. The van der Waals surface area contributed by atoms with Crippen LogP contribution in [-0.4, -0.2) is 46.7 Å². The molecule has 0 atom stereocenters. The second-order valence-electron chi connectivity index (χ2n) is 7.58. The van der Waals surface area contributed by atoms with Gasteiger partial charge in [0.2, 0.25) is 5.76 Å². The van der Waals surface area contributed by atoms with E-state index in [0.29, 0.717) is 27.9 Å². The van der Waals surface area contributed by atoms with Crippen molar-refractivity contribution in [2.45, 2.75) is 6.92 Å². The first kappa shape index (κ1) is 21.7. The van der Waals surface area contributed by atoms with Crippen molar-refractivity contribution in [3.63, 3.8) is 0 Å². The number of fused-ring (bicyclic) bond motifs is 1. The molecule has 4 rings (SSSR count). The molecule has 3 amide bonds. The number of anilines is 2. The molecule has 0 saturated carbocycles. The van der Waals surface area contributed by atoms with Crippen LogP contribution in [-0.2, 0) is 0 Å². The standard InChI is InChI=1S/C24H21N5O4/c1-14-4-9-19(26-12-14)27-23(31)21-20(17-13-25-11-10-18(17)33-21)28-22(30)15-5-7-16(8-6-15)24(32)29(2)3/h4-13H,1-3H3,(H,28,30)(H,26,27,31). The predicted octanol–water partition coefficient (Wildman–Crippen LogP) is 3.74. The van der Waals surface area contributed by atoms with Crippen LogP contribution >= 0.6 is 0 Å². The lowest BCUT2D eigenvalue weighted by Gasteiger charge is -2.11. The van der Waals surface area contributed by atoms with Gasteiger partial charge in [-0.25, -0.2) is 4.98 Å². The third kappa shape index (κ3) is 4.57. The summed E-state index contributed by atoms with van der Waals surface area (Å²) in [5.41, 5.74) is 2.32. The average Bonchev–Trinajstić information content (AvgIpc) is 3.18. The fraction of sp³-hybridized carbons (Fsp3) is 0.125.